The highest BCUT2D eigenvalue weighted by atomic mass is 79.9. The summed E-state index contributed by atoms with van der Waals surface area (Å²) in [6, 6.07) is 13.8. The van der Waals surface area contributed by atoms with Crippen LogP contribution in [0, 0.1) is 20.8 Å². The third kappa shape index (κ3) is 3.66. The number of carbonyl (C=O) groups is 1. The molecule has 2 heterocycles. The number of aromatic nitrogens is 3. The minimum absolute atomic E-state index is 0.0725. The molecule has 0 aliphatic carbocycles. The van der Waals surface area contributed by atoms with Crippen LogP contribution >= 0.6 is 27.7 Å². The van der Waals surface area contributed by atoms with Crippen LogP contribution < -0.4 is 10.7 Å². The standard InChI is InChI=1S/C20H20BrN5OS/c1-11-4-6-14(7-5-11)17-18(28-20-24-23-13(3)26(20)25-17)19(27)22-15-8-9-16(21)12(2)10-15/h4-10,17-18,25H,1-3H3,(H,22,27). The number of hydrogen-bond acceptors (Lipinski definition) is 5. The van der Waals surface area contributed by atoms with Crippen LogP contribution in [0.25, 0.3) is 0 Å². The molecule has 0 saturated heterocycles. The van der Waals surface area contributed by atoms with Crippen LogP contribution in [0.2, 0.25) is 0 Å². The van der Waals surface area contributed by atoms with Gasteiger partial charge in [-0.2, -0.15) is 0 Å². The van der Waals surface area contributed by atoms with E-state index in [1.807, 2.05) is 36.7 Å². The van der Waals surface area contributed by atoms with Gasteiger partial charge in [0, 0.05) is 10.2 Å². The van der Waals surface area contributed by atoms with E-state index in [0.717, 1.165) is 27.1 Å². The Balaban J connectivity index is 1.65. The molecular weight excluding hydrogens is 438 g/mol. The fraction of sp³-hybridized carbons (Fsp3) is 0.250. The van der Waals surface area contributed by atoms with Crippen molar-refractivity contribution in [2.75, 3.05) is 10.7 Å². The van der Waals surface area contributed by atoms with E-state index in [-0.39, 0.29) is 17.2 Å². The number of fused-ring (bicyclic) bond motifs is 1. The molecule has 2 N–H and O–H groups in total. The van der Waals surface area contributed by atoms with Gasteiger partial charge in [0.15, 0.2) is 0 Å². The van der Waals surface area contributed by atoms with Gasteiger partial charge in [0.05, 0.1) is 6.04 Å². The Kier molecular flexibility index (Phi) is 5.16. The lowest BCUT2D eigenvalue weighted by Gasteiger charge is -2.32. The van der Waals surface area contributed by atoms with E-state index in [9.17, 15) is 4.79 Å². The van der Waals surface area contributed by atoms with Crippen molar-refractivity contribution in [1.82, 2.24) is 14.9 Å². The zero-order chi connectivity index (χ0) is 19.8. The summed E-state index contributed by atoms with van der Waals surface area (Å²) >= 11 is 4.92. The zero-order valence-corrected chi connectivity index (χ0v) is 18.1. The average Bonchev–Trinajstić information content (AvgIpc) is 3.04. The third-order valence-electron chi connectivity index (χ3n) is 4.72. The molecule has 0 bridgehead atoms. The number of thioether (sulfide) groups is 1. The number of rotatable bonds is 3. The lowest BCUT2D eigenvalue weighted by atomic mass is 10.0. The number of carbonyl (C=O) groups excluding carboxylic acids is 1. The summed E-state index contributed by atoms with van der Waals surface area (Å²) in [5.41, 5.74) is 7.49. The Morgan fingerprint density at radius 2 is 1.89 bits per heavy atom. The number of hydrogen-bond donors (Lipinski definition) is 2. The molecule has 0 spiro atoms. The Labute approximate surface area is 176 Å². The van der Waals surface area contributed by atoms with Crippen LogP contribution in [0.1, 0.15) is 28.6 Å². The van der Waals surface area contributed by atoms with Crippen LogP contribution in [-0.2, 0) is 4.79 Å². The highest BCUT2D eigenvalue weighted by Crippen LogP contribution is 2.37. The molecule has 8 heteroatoms. The third-order valence-corrected chi connectivity index (χ3v) is 6.82. The Hall–Kier alpha value is -2.32. The number of nitrogens with zero attached hydrogens (tertiary/aromatic N) is 3. The topological polar surface area (TPSA) is 71.8 Å². The molecule has 0 radical (unpaired) electrons. The molecule has 0 saturated carbocycles. The predicted molar refractivity (Wildman–Crippen MR) is 115 cm³/mol. The van der Waals surface area contributed by atoms with Crippen molar-refractivity contribution >= 4 is 39.3 Å². The molecular formula is C20H20BrN5OS. The summed E-state index contributed by atoms with van der Waals surface area (Å²) in [6.45, 7) is 5.94. The quantitative estimate of drug-likeness (QED) is 0.610. The van der Waals surface area contributed by atoms with Gasteiger partial charge < -0.3 is 10.7 Å². The van der Waals surface area contributed by atoms with Gasteiger partial charge in [-0.3, -0.25) is 4.79 Å². The van der Waals surface area contributed by atoms with Crippen molar-refractivity contribution in [3.63, 3.8) is 0 Å². The van der Waals surface area contributed by atoms with E-state index in [1.165, 1.54) is 17.3 Å². The van der Waals surface area contributed by atoms with Crippen molar-refractivity contribution in [3.05, 3.63) is 69.5 Å². The molecule has 1 aliphatic heterocycles. The Bertz CT molecular complexity index is 1030. The van der Waals surface area contributed by atoms with E-state index < -0.39 is 0 Å². The maximum Gasteiger partial charge on any atom is 0.240 e. The summed E-state index contributed by atoms with van der Waals surface area (Å²) in [4.78, 5) is 13.2. The SMILES string of the molecule is Cc1ccc(C2Nn3c(C)nnc3SC2C(=O)Nc2ccc(Br)c(C)c2)cc1. The first-order chi connectivity index (χ1) is 13.4. The van der Waals surface area contributed by atoms with Crippen molar-refractivity contribution < 1.29 is 4.79 Å². The molecule has 2 unspecified atom stereocenters. The van der Waals surface area contributed by atoms with E-state index in [2.05, 4.69) is 68.1 Å². The number of benzene rings is 2. The summed E-state index contributed by atoms with van der Waals surface area (Å²) in [5, 5.41) is 11.7. The van der Waals surface area contributed by atoms with E-state index >= 15 is 0 Å². The molecule has 2 atom stereocenters. The summed E-state index contributed by atoms with van der Waals surface area (Å²) in [5.74, 6) is 0.693. The zero-order valence-electron chi connectivity index (χ0n) is 15.7. The second-order valence-corrected chi connectivity index (χ2v) is 8.84. The molecule has 2 aromatic carbocycles. The van der Waals surface area contributed by atoms with Crippen molar-refractivity contribution in [2.24, 2.45) is 0 Å². The first-order valence-electron chi connectivity index (χ1n) is 8.91. The maximum absolute atomic E-state index is 13.2. The van der Waals surface area contributed by atoms with Gasteiger partial charge in [-0.1, -0.05) is 57.5 Å². The lowest BCUT2D eigenvalue weighted by molar-refractivity contribution is -0.116. The van der Waals surface area contributed by atoms with E-state index in [4.69, 9.17) is 0 Å². The largest absolute Gasteiger partial charge is 0.325 e. The molecule has 1 aliphatic rings. The first kappa shape index (κ1) is 19.0. The van der Waals surface area contributed by atoms with E-state index in [0.29, 0.717) is 5.16 Å². The van der Waals surface area contributed by atoms with Gasteiger partial charge in [0.1, 0.15) is 11.1 Å². The number of nitrogens with one attached hydrogen (secondary N) is 2. The summed E-state index contributed by atoms with van der Waals surface area (Å²) in [6.07, 6.45) is 0. The maximum atomic E-state index is 13.2. The van der Waals surface area contributed by atoms with Crippen molar-refractivity contribution in [1.29, 1.82) is 0 Å². The molecule has 3 aromatic rings. The van der Waals surface area contributed by atoms with E-state index in [1.54, 1.807) is 0 Å². The fourth-order valence-electron chi connectivity index (χ4n) is 3.12. The van der Waals surface area contributed by atoms with Gasteiger partial charge >= 0.3 is 0 Å². The van der Waals surface area contributed by atoms with Crippen LogP contribution in [-0.4, -0.2) is 26.0 Å². The molecule has 0 fully saturated rings. The molecule has 144 valence electrons. The normalized spacial score (nSPS) is 18.3. The Morgan fingerprint density at radius 1 is 1.14 bits per heavy atom. The average molecular weight is 458 g/mol. The number of amides is 1. The number of aryl methyl sites for hydroxylation is 3. The van der Waals surface area contributed by atoms with Crippen LogP contribution in [0.3, 0.4) is 0 Å². The van der Waals surface area contributed by atoms with Crippen molar-refractivity contribution in [2.45, 2.75) is 37.2 Å². The number of anilines is 1. The monoisotopic (exact) mass is 457 g/mol. The van der Waals surface area contributed by atoms with Gasteiger partial charge in [-0.05, 0) is 50.1 Å². The van der Waals surface area contributed by atoms with Crippen LogP contribution in [0.15, 0.2) is 52.1 Å². The predicted octanol–water partition coefficient (Wildman–Crippen LogP) is 4.36. The highest BCUT2D eigenvalue weighted by Gasteiger charge is 2.37. The Morgan fingerprint density at radius 3 is 2.61 bits per heavy atom. The minimum atomic E-state index is -0.386. The molecule has 28 heavy (non-hydrogen) atoms. The first-order valence-corrected chi connectivity index (χ1v) is 10.6. The fourth-order valence-corrected chi connectivity index (χ4v) is 4.49. The lowest BCUT2D eigenvalue weighted by Crippen LogP contribution is -2.41. The summed E-state index contributed by atoms with van der Waals surface area (Å²) in [7, 11) is 0. The molecule has 6 nitrogen and oxygen atoms in total. The second kappa shape index (κ2) is 7.60. The van der Waals surface area contributed by atoms with Gasteiger partial charge in [0.25, 0.3) is 0 Å². The van der Waals surface area contributed by atoms with Crippen LogP contribution in [0.4, 0.5) is 5.69 Å². The second-order valence-electron chi connectivity index (χ2n) is 6.87. The summed E-state index contributed by atoms with van der Waals surface area (Å²) < 4.78 is 2.86. The van der Waals surface area contributed by atoms with Crippen molar-refractivity contribution in [3.8, 4) is 0 Å². The van der Waals surface area contributed by atoms with Gasteiger partial charge in [-0.25, -0.2) is 4.68 Å². The molecule has 1 amide bonds. The molecule has 4 rings (SSSR count). The number of halogens is 1. The van der Waals surface area contributed by atoms with Gasteiger partial charge in [0.2, 0.25) is 11.1 Å². The van der Waals surface area contributed by atoms with Gasteiger partial charge in [-0.15, -0.1) is 10.2 Å². The van der Waals surface area contributed by atoms with Crippen LogP contribution in [0.5, 0.6) is 0 Å². The minimum Gasteiger partial charge on any atom is -0.325 e. The molecule has 1 aromatic heterocycles. The highest BCUT2D eigenvalue weighted by molar-refractivity contribution is 9.10. The smallest absolute Gasteiger partial charge is 0.240 e.